The molecule has 3 rings (SSSR count). The van der Waals surface area contributed by atoms with E-state index in [2.05, 4.69) is 5.32 Å². The summed E-state index contributed by atoms with van der Waals surface area (Å²) in [5.41, 5.74) is 0.826. The fraction of sp³-hybridized carbons (Fsp3) is 0.600. The molecule has 2 aliphatic rings. The Kier molecular flexibility index (Phi) is 5.89. The number of benzene rings is 1. The van der Waals surface area contributed by atoms with Gasteiger partial charge in [0.25, 0.3) is 0 Å². The van der Waals surface area contributed by atoms with Gasteiger partial charge in [-0.2, -0.15) is 0 Å². The van der Waals surface area contributed by atoms with Gasteiger partial charge in [0.1, 0.15) is 0 Å². The van der Waals surface area contributed by atoms with Crippen LogP contribution in [0, 0.1) is 11.8 Å². The van der Waals surface area contributed by atoms with Gasteiger partial charge in [0.15, 0.2) is 0 Å². The van der Waals surface area contributed by atoms with Gasteiger partial charge in [-0.05, 0) is 37.3 Å². The molecule has 0 bridgehead atoms. The molecule has 1 saturated carbocycles. The molecular formula is C20H28N2O2. The zero-order valence-corrected chi connectivity index (χ0v) is 14.4. The van der Waals surface area contributed by atoms with Crippen LogP contribution in [-0.4, -0.2) is 29.8 Å². The molecule has 0 radical (unpaired) electrons. The van der Waals surface area contributed by atoms with Crippen LogP contribution in [0.15, 0.2) is 30.3 Å². The summed E-state index contributed by atoms with van der Waals surface area (Å²) in [6.45, 7) is 1.38. The number of amides is 2. The second kappa shape index (κ2) is 8.32. The number of nitrogens with zero attached hydrogens (tertiary/aromatic N) is 1. The predicted octanol–water partition coefficient (Wildman–Crippen LogP) is 3.83. The maximum Gasteiger partial charge on any atom is 0.229 e. The van der Waals surface area contributed by atoms with E-state index < -0.39 is 0 Å². The highest BCUT2D eigenvalue weighted by Gasteiger charge is 2.28. The van der Waals surface area contributed by atoms with Crippen molar-refractivity contribution >= 4 is 17.5 Å². The van der Waals surface area contributed by atoms with Crippen LogP contribution < -0.4 is 5.32 Å². The molecule has 1 N–H and O–H groups in total. The number of hydrogen-bond donors (Lipinski definition) is 1. The van der Waals surface area contributed by atoms with E-state index in [1.54, 1.807) is 0 Å². The van der Waals surface area contributed by atoms with Crippen LogP contribution in [0.2, 0.25) is 0 Å². The second-order valence-electron chi connectivity index (χ2n) is 7.22. The number of anilines is 1. The van der Waals surface area contributed by atoms with Crippen molar-refractivity contribution in [1.82, 2.24) is 4.90 Å². The van der Waals surface area contributed by atoms with E-state index in [9.17, 15) is 9.59 Å². The fourth-order valence-electron chi connectivity index (χ4n) is 3.97. The lowest BCUT2D eigenvalue weighted by Gasteiger charge is -2.32. The minimum atomic E-state index is -0.0885. The van der Waals surface area contributed by atoms with E-state index in [-0.39, 0.29) is 17.7 Å². The molecule has 1 aliphatic heterocycles. The predicted molar refractivity (Wildman–Crippen MR) is 95.6 cm³/mol. The monoisotopic (exact) mass is 328 g/mol. The van der Waals surface area contributed by atoms with Crippen molar-refractivity contribution in [3.05, 3.63) is 30.3 Å². The number of carbonyl (C=O) groups is 2. The number of likely N-dealkylation sites (tertiary alicyclic amines) is 1. The van der Waals surface area contributed by atoms with Crippen LogP contribution in [0.25, 0.3) is 0 Å². The third-order valence-corrected chi connectivity index (χ3v) is 5.43. The van der Waals surface area contributed by atoms with Crippen LogP contribution in [0.4, 0.5) is 5.69 Å². The maximum atomic E-state index is 12.5. The van der Waals surface area contributed by atoms with Gasteiger partial charge in [-0.1, -0.05) is 43.9 Å². The first kappa shape index (κ1) is 17.0. The summed E-state index contributed by atoms with van der Waals surface area (Å²) in [5.74, 6) is 0.930. The van der Waals surface area contributed by atoms with Crippen LogP contribution in [-0.2, 0) is 9.59 Å². The van der Waals surface area contributed by atoms with E-state index in [0.29, 0.717) is 13.0 Å². The lowest BCUT2D eigenvalue weighted by Crippen LogP contribution is -2.43. The summed E-state index contributed by atoms with van der Waals surface area (Å²) in [7, 11) is 0. The normalized spacial score (nSPS) is 21.7. The summed E-state index contributed by atoms with van der Waals surface area (Å²) in [6.07, 6.45) is 8.68. The molecule has 1 saturated heterocycles. The summed E-state index contributed by atoms with van der Waals surface area (Å²) in [4.78, 5) is 26.8. The van der Waals surface area contributed by atoms with Crippen molar-refractivity contribution in [2.45, 2.75) is 51.4 Å². The number of hydrogen-bond acceptors (Lipinski definition) is 2. The molecule has 1 atom stereocenters. The number of piperidine rings is 1. The Morgan fingerprint density at radius 2 is 1.79 bits per heavy atom. The Morgan fingerprint density at radius 3 is 2.54 bits per heavy atom. The van der Waals surface area contributed by atoms with Gasteiger partial charge in [0.05, 0.1) is 5.92 Å². The topological polar surface area (TPSA) is 49.4 Å². The van der Waals surface area contributed by atoms with Gasteiger partial charge in [-0.3, -0.25) is 9.59 Å². The molecule has 2 fully saturated rings. The zero-order valence-electron chi connectivity index (χ0n) is 14.4. The van der Waals surface area contributed by atoms with E-state index in [1.165, 1.54) is 25.7 Å². The summed E-state index contributed by atoms with van der Waals surface area (Å²) >= 11 is 0. The van der Waals surface area contributed by atoms with Gasteiger partial charge in [-0.25, -0.2) is 0 Å². The van der Waals surface area contributed by atoms with E-state index in [4.69, 9.17) is 0 Å². The molecule has 1 aliphatic carbocycles. The largest absolute Gasteiger partial charge is 0.342 e. The summed E-state index contributed by atoms with van der Waals surface area (Å²) in [5, 5.41) is 2.97. The van der Waals surface area contributed by atoms with Crippen molar-refractivity contribution in [2.75, 3.05) is 18.4 Å². The average molecular weight is 328 g/mol. The van der Waals surface area contributed by atoms with Crippen LogP contribution in [0.1, 0.15) is 51.4 Å². The molecular weight excluding hydrogens is 300 g/mol. The number of carbonyl (C=O) groups excluding carboxylic acids is 2. The van der Waals surface area contributed by atoms with Gasteiger partial charge >= 0.3 is 0 Å². The molecule has 24 heavy (non-hydrogen) atoms. The van der Waals surface area contributed by atoms with Crippen molar-refractivity contribution < 1.29 is 9.59 Å². The highest BCUT2D eigenvalue weighted by atomic mass is 16.2. The molecule has 1 heterocycles. The Labute approximate surface area is 144 Å². The average Bonchev–Trinajstić information content (AvgIpc) is 3.14. The molecule has 1 aromatic carbocycles. The van der Waals surface area contributed by atoms with Crippen LogP contribution in [0.3, 0.4) is 0 Å². The summed E-state index contributed by atoms with van der Waals surface area (Å²) in [6, 6.07) is 9.54. The SMILES string of the molecule is O=C(Nc1ccccc1)[C@@H]1CCCN(C(=O)CCC2CCCC2)C1. The zero-order chi connectivity index (χ0) is 16.8. The highest BCUT2D eigenvalue weighted by Crippen LogP contribution is 2.29. The van der Waals surface area contributed by atoms with Gasteiger partial charge in [0.2, 0.25) is 11.8 Å². The molecule has 0 spiro atoms. The van der Waals surface area contributed by atoms with Crippen LogP contribution >= 0.6 is 0 Å². The molecule has 4 heteroatoms. The third-order valence-electron chi connectivity index (χ3n) is 5.43. The van der Waals surface area contributed by atoms with Crippen molar-refractivity contribution in [3.63, 3.8) is 0 Å². The first-order valence-corrected chi connectivity index (χ1v) is 9.36. The first-order chi connectivity index (χ1) is 11.7. The third kappa shape index (κ3) is 4.59. The van der Waals surface area contributed by atoms with E-state index >= 15 is 0 Å². The first-order valence-electron chi connectivity index (χ1n) is 9.36. The Hall–Kier alpha value is -1.84. The van der Waals surface area contributed by atoms with Crippen LogP contribution in [0.5, 0.6) is 0 Å². The second-order valence-corrected chi connectivity index (χ2v) is 7.22. The Balaban J connectivity index is 1.48. The smallest absolute Gasteiger partial charge is 0.229 e. The van der Waals surface area contributed by atoms with Crippen molar-refractivity contribution in [3.8, 4) is 0 Å². The highest BCUT2D eigenvalue weighted by molar-refractivity contribution is 5.93. The van der Waals surface area contributed by atoms with E-state index in [1.807, 2.05) is 35.2 Å². The Bertz CT molecular complexity index is 552. The maximum absolute atomic E-state index is 12.5. The van der Waals surface area contributed by atoms with Crippen molar-refractivity contribution in [1.29, 1.82) is 0 Å². The minimum absolute atomic E-state index is 0.0366. The molecule has 0 aromatic heterocycles. The molecule has 4 nitrogen and oxygen atoms in total. The Morgan fingerprint density at radius 1 is 1.04 bits per heavy atom. The fourth-order valence-corrected chi connectivity index (χ4v) is 3.97. The van der Waals surface area contributed by atoms with Crippen molar-refractivity contribution in [2.24, 2.45) is 11.8 Å². The molecule has 1 aromatic rings. The quantitative estimate of drug-likeness (QED) is 0.893. The number of nitrogens with one attached hydrogen (secondary N) is 1. The van der Waals surface area contributed by atoms with Gasteiger partial charge in [0, 0.05) is 25.2 Å². The standard InChI is InChI=1S/C20H28N2O2/c23-19(13-12-16-7-4-5-8-16)22-14-6-9-17(15-22)20(24)21-18-10-2-1-3-11-18/h1-3,10-11,16-17H,4-9,12-15H2,(H,21,24)/t17-/m1/s1. The van der Waals surface area contributed by atoms with E-state index in [0.717, 1.165) is 37.4 Å². The summed E-state index contributed by atoms with van der Waals surface area (Å²) < 4.78 is 0. The number of rotatable bonds is 5. The molecule has 0 unspecified atom stereocenters. The lowest BCUT2D eigenvalue weighted by molar-refractivity contribution is -0.134. The lowest BCUT2D eigenvalue weighted by atomic mass is 9.95. The molecule has 2 amide bonds. The minimum Gasteiger partial charge on any atom is -0.342 e. The van der Waals surface area contributed by atoms with Gasteiger partial charge < -0.3 is 10.2 Å². The van der Waals surface area contributed by atoms with Gasteiger partial charge in [-0.15, -0.1) is 0 Å². The number of para-hydroxylation sites is 1. The molecule has 130 valence electrons.